The number of aryl methyl sites for hydroxylation is 1. The molecule has 158 valence electrons. The molecule has 2 heterocycles. The summed E-state index contributed by atoms with van der Waals surface area (Å²) in [6, 6.07) is 17.3. The first-order valence-corrected chi connectivity index (χ1v) is 11.4. The van der Waals surface area contributed by atoms with Crippen molar-refractivity contribution < 1.29 is 18.3 Å². The third-order valence-corrected chi connectivity index (χ3v) is 7.05. The average molecular weight is 435 g/mol. The smallest absolute Gasteiger partial charge is 0.305 e. The Bertz CT molecular complexity index is 1250. The van der Waals surface area contributed by atoms with Crippen molar-refractivity contribution in [3.05, 3.63) is 70.9 Å². The summed E-state index contributed by atoms with van der Waals surface area (Å²) in [5.41, 5.74) is 3.28. The van der Waals surface area contributed by atoms with Crippen LogP contribution in [0.5, 0.6) is 0 Å². The van der Waals surface area contributed by atoms with E-state index >= 15 is 0 Å². The Morgan fingerprint density at radius 2 is 2.03 bits per heavy atom. The predicted octanol–water partition coefficient (Wildman–Crippen LogP) is 7.34. The van der Waals surface area contributed by atoms with Crippen LogP contribution in [0.3, 0.4) is 0 Å². The van der Waals surface area contributed by atoms with E-state index in [1.165, 1.54) is 30.9 Å². The van der Waals surface area contributed by atoms with Gasteiger partial charge < -0.3 is 9.15 Å². The van der Waals surface area contributed by atoms with Gasteiger partial charge in [-0.05, 0) is 73.6 Å². The zero-order valence-electron chi connectivity index (χ0n) is 17.3. The van der Waals surface area contributed by atoms with Gasteiger partial charge in [-0.1, -0.05) is 18.2 Å². The van der Waals surface area contributed by atoms with Gasteiger partial charge in [0.2, 0.25) is 0 Å². The number of ether oxygens (including phenoxy) is 1. The second kappa shape index (κ2) is 8.31. The molecule has 2 aromatic carbocycles. The number of thiophene rings is 1. The molecular formula is C26H23FO3S. The Morgan fingerprint density at radius 3 is 2.84 bits per heavy atom. The zero-order chi connectivity index (χ0) is 21.4. The Hall–Kier alpha value is -2.92. The highest BCUT2D eigenvalue weighted by atomic mass is 32.1. The van der Waals surface area contributed by atoms with Gasteiger partial charge in [-0.25, -0.2) is 4.39 Å². The number of carbonyl (C=O) groups excluding carboxylic acids is 1. The SMILES string of the molecule is COC(=O)CCCc1ccc2oc(-c3cccc(F)c3-c3ccc(C4CC4)s3)cc2c1. The van der Waals surface area contributed by atoms with E-state index in [1.54, 1.807) is 17.4 Å². The normalized spacial score (nSPS) is 13.6. The van der Waals surface area contributed by atoms with Crippen molar-refractivity contribution >= 4 is 28.3 Å². The highest BCUT2D eigenvalue weighted by Gasteiger charge is 2.26. The number of methoxy groups -OCH3 is 1. The zero-order valence-corrected chi connectivity index (χ0v) is 18.1. The second-order valence-electron chi connectivity index (χ2n) is 8.05. The number of fused-ring (bicyclic) bond motifs is 1. The van der Waals surface area contributed by atoms with Gasteiger partial charge in [0.25, 0.3) is 0 Å². The Kier molecular flexibility index (Phi) is 5.36. The molecule has 1 aliphatic carbocycles. The molecule has 5 rings (SSSR count). The van der Waals surface area contributed by atoms with E-state index in [1.807, 2.05) is 30.3 Å². The van der Waals surface area contributed by atoms with E-state index in [0.717, 1.165) is 39.8 Å². The summed E-state index contributed by atoms with van der Waals surface area (Å²) < 4.78 is 25.7. The first kappa shape index (κ1) is 20.0. The molecule has 0 radical (unpaired) electrons. The first-order valence-electron chi connectivity index (χ1n) is 10.6. The molecule has 0 saturated heterocycles. The topological polar surface area (TPSA) is 39.4 Å². The van der Waals surface area contributed by atoms with Crippen LogP contribution in [0.15, 0.2) is 59.0 Å². The van der Waals surface area contributed by atoms with E-state index in [2.05, 4.69) is 12.1 Å². The van der Waals surface area contributed by atoms with Gasteiger partial charge in [-0.3, -0.25) is 4.79 Å². The largest absolute Gasteiger partial charge is 0.469 e. The van der Waals surface area contributed by atoms with Crippen molar-refractivity contribution in [1.29, 1.82) is 0 Å². The molecule has 31 heavy (non-hydrogen) atoms. The predicted molar refractivity (Wildman–Crippen MR) is 122 cm³/mol. The first-order chi connectivity index (χ1) is 15.1. The van der Waals surface area contributed by atoms with Gasteiger partial charge in [0.1, 0.15) is 17.2 Å². The molecule has 0 bridgehead atoms. The summed E-state index contributed by atoms with van der Waals surface area (Å²) in [5, 5.41) is 0.977. The van der Waals surface area contributed by atoms with Gasteiger partial charge in [0.15, 0.2) is 0 Å². The van der Waals surface area contributed by atoms with Crippen LogP contribution >= 0.6 is 11.3 Å². The molecule has 0 spiro atoms. The molecule has 0 unspecified atom stereocenters. The molecule has 1 aliphatic rings. The third-order valence-electron chi connectivity index (χ3n) is 5.79. The van der Waals surface area contributed by atoms with Crippen LogP contribution in [0.1, 0.15) is 42.0 Å². The van der Waals surface area contributed by atoms with E-state index in [4.69, 9.17) is 9.15 Å². The van der Waals surface area contributed by atoms with E-state index < -0.39 is 0 Å². The molecule has 0 atom stereocenters. The number of rotatable bonds is 7. The lowest BCUT2D eigenvalue weighted by Crippen LogP contribution is -2.00. The average Bonchev–Trinajstić information content (AvgIpc) is 3.35. The fourth-order valence-electron chi connectivity index (χ4n) is 3.97. The van der Waals surface area contributed by atoms with Crippen molar-refractivity contribution in [2.24, 2.45) is 0 Å². The van der Waals surface area contributed by atoms with Crippen molar-refractivity contribution in [3.63, 3.8) is 0 Å². The number of carbonyl (C=O) groups is 1. The number of benzene rings is 2. The molecule has 3 nitrogen and oxygen atoms in total. The van der Waals surface area contributed by atoms with E-state index in [9.17, 15) is 9.18 Å². The molecule has 0 aliphatic heterocycles. The summed E-state index contributed by atoms with van der Waals surface area (Å²) in [4.78, 5) is 13.6. The standard InChI is InChI=1S/C26H23FO3S/c1-29-25(28)7-2-4-16-8-11-21-18(14-16)15-22(30-21)19-5-3-6-20(27)26(19)24-13-12-23(31-24)17-9-10-17/h3,5-6,8,11-15,17H,2,4,7,9-10H2,1H3. The maximum absolute atomic E-state index is 14.9. The van der Waals surface area contributed by atoms with E-state index in [-0.39, 0.29) is 11.8 Å². The molecule has 1 fully saturated rings. The van der Waals surface area contributed by atoms with Crippen LogP contribution < -0.4 is 0 Å². The number of hydrogen-bond donors (Lipinski definition) is 0. The van der Waals surface area contributed by atoms with Crippen molar-refractivity contribution in [2.75, 3.05) is 7.11 Å². The molecule has 5 heteroatoms. The van der Waals surface area contributed by atoms with Gasteiger partial charge in [0, 0.05) is 32.7 Å². The Morgan fingerprint density at radius 1 is 1.16 bits per heavy atom. The summed E-state index contributed by atoms with van der Waals surface area (Å²) in [5.74, 6) is 0.893. The summed E-state index contributed by atoms with van der Waals surface area (Å²) >= 11 is 1.68. The number of hydrogen-bond acceptors (Lipinski definition) is 4. The van der Waals surface area contributed by atoms with Gasteiger partial charge >= 0.3 is 5.97 Å². The molecular weight excluding hydrogens is 411 g/mol. The van der Waals surface area contributed by atoms with Crippen LogP contribution in [0.2, 0.25) is 0 Å². The van der Waals surface area contributed by atoms with Crippen LogP contribution in [0.25, 0.3) is 32.7 Å². The van der Waals surface area contributed by atoms with Crippen molar-refractivity contribution in [1.82, 2.24) is 0 Å². The van der Waals surface area contributed by atoms with Gasteiger partial charge in [-0.2, -0.15) is 0 Å². The van der Waals surface area contributed by atoms with Crippen LogP contribution in [-0.4, -0.2) is 13.1 Å². The van der Waals surface area contributed by atoms with Crippen molar-refractivity contribution in [3.8, 4) is 21.8 Å². The number of esters is 1. The van der Waals surface area contributed by atoms with Gasteiger partial charge in [-0.15, -0.1) is 11.3 Å². The van der Waals surface area contributed by atoms with Crippen LogP contribution in [0, 0.1) is 5.82 Å². The fourth-order valence-corrected chi connectivity index (χ4v) is 5.21. The molecule has 0 amide bonds. The molecule has 1 saturated carbocycles. The van der Waals surface area contributed by atoms with Crippen LogP contribution in [0.4, 0.5) is 4.39 Å². The highest BCUT2D eigenvalue weighted by molar-refractivity contribution is 7.15. The summed E-state index contributed by atoms with van der Waals surface area (Å²) in [7, 11) is 1.41. The summed E-state index contributed by atoms with van der Waals surface area (Å²) in [6.45, 7) is 0. The minimum absolute atomic E-state index is 0.191. The number of halogens is 1. The monoisotopic (exact) mass is 434 g/mol. The molecule has 0 N–H and O–H groups in total. The lowest BCUT2D eigenvalue weighted by Gasteiger charge is -2.07. The molecule has 2 aromatic heterocycles. The summed E-state index contributed by atoms with van der Waals surface area (Å²) in [6.07, 6.45) is 4.39. The van der Waals surface area contributed by atoms with Gasteiger partial charge in [0.05, 0.1) is 7.11 Å². The highest BCUT2D eigenvalue weighted by Crippen LogP contribution is 2.47. The fraction of sp³-hybridized carbons (Fsp3) is 0.269. The Labute approximate surface area is 184 Å². The van der Waals surface area contributed by atoms with Crippen LogP contribution in [-0.2, 0) is 16.0 Å². The minimum Gasteiger partial charge on any atom is -0.469 e. The third kappa shape index (κ3) is 4.15. The second-order valence-corrected chi connectivity index (χ2v) is 9.17. The lowest BCUT2D eigenvalue weighted by atomic mass is 10.0. The Balaban J connectivity index is 1.46. The minimum atomic E-state index is -0.231. The maximum atomic E-state index is 14.9. The quantitative estimate of drug-likeness (QED) is 0.286. The van der Waals surface area contributed by atoms with E-state index in [0.29, 0.717) is 23.7 Å². The van der Waals surface area contributed by atoms with Crippen molar-refractivity contribution in [2.45, 2.75) is 38.0 Å². The lowest BCUT2D eigenvalue weighted by molar-refractivity contribution is -0.140. The molecule has 4 aromatic rings. The maximum Gasteiger partial charge on any atom is 0.305 e. The number of furan rings is 1.